The Labute approximate surface area is 133 Å². The molecule has 0 N–H and O–H groups in total. The van der Waals surface area contributed by atoms with E-state index in [1.54, 1.807) is 18.5 Å². The molecule has 0 aliphatic carbocycles. The van der Waals surface area contributed by atoms with Gasteiger partial charge in [-0.3, -0.25) is 9.78 Å². The van der Waals surface area contributed by atoms with E-state index in [-0.39, 0.29) is 11.9 Å². The van der Waals surface area contributed by atoms with E-state index in [0.717, 1.165) is 35.2 Å². The van der Waals surface area contributed by atoms with Crippen molar-refractivity contribution in [1.82, 2.24) is 20.0 Å². The fourth-order valence-corrected chi connectivity index (χ4v) is 3.08. The number of hydrogen-bond acceptors (Lipinski definition) is 5. The fraction of sp³-hybridized carbons (Fsp3) is 0.294. The Balaban J connectivity index is 1.66. The van der Waals surface area contributed by atoms with Crippen LogP contribution >= 0.6 is 0 Å². The van der Waals surface area contributed by atoms with Gasteiger partial charge in [-0.25, -0.2) is 4.98 Å². The normalized spacial score (nSPS) is 17.8. The van der Waals surface area contributed by atoms with E-state index in [1.165, 1.54) is 0 Å². The van der Waals surface area contributed by atoms with Crippen molar-refractivity contribution < 1.29 is 9.32 Å². The highest BCUT2D eigenvalue weighted by Crippen LogP contribution is 2.33. The van der Waals surface area contributed by atoms with Crippen molar-refractivity contribution in [1.29, 1.82) is 0 Å². The van der Waals surface area contributed by atoms with Crippen molar-refractivity contribution in [3.8, 4) is 0 Å². The highest BCUT2D eigenvalue weighted by molar-refractivity contribution is 5.95. The molecule has 1 aliphatic heterocycles. The minimum absolute atomic E-state index is 0.0601. The summed E-state index contributed by atoms with van der Waals surface area (Å²) < 4.78 is 5.36. The standard InChI is InChI=1S/C17H16N4O2/c1-11-9-16(23-20-11)15-3-2-8-21(15)17(22)13-5-4-12-6-7-18-10-14(12)19-13/h4-7,9-10,15H,2-3,8H2,1H3. The molecule has 3 aromatic heterocycles. The van der Waals surface area contributed by atoms with Crippen molar-refractivity contribution in [3.05, 3.63) is 53.8 Å². The molecule has 1 fully saturated rings. The highest BCUT2D eigenvalue weighted by atomic mass is 16.5. The topological polar surface area (TPSA) is 72.1 Å². The Morgan fingerprint density at radius 2 is 2.26 bits per heavy atom. The molecule has 0 radical (unpaired) electrons. The van der Waals surface area contributed by atoms with Crippen LogP contribution in [-0.4, -0.2) is 32.5 Å². The molecule has 3 aromatic rings. The third kappa shape index (κ3) is 2.46. The van der Waals surface area contributed by atoms with Gasteiger partial charge in [-0.2, -0.15) is 0 Å². The first-order chi connectivity index (χ1) is 11.2. The van der Waals surface area contributed by atoms with Gasteiger partial charge >= 0.3 is 0 Å². The summed E-state index contributed by atoms with van der Waals surface area (Å²) in [6.45, 7) is 2.59. The van der Waals surface area contributed by atoms with Gasteiger partial charge in [-0.1, -0.05) is 11.2 Å². The van der Waals surface area contributed by atoms with Crippen molar-refractivity contribution in [3.63, 3.8) is 0 Å². The first kappa shape index (κ1) is 13.9. The van der Waals surface area contributed by atoms with E-state index in [0.29, 0.717) is 12.2 Å². The van der Waals surface area contributed by atoms with Gasteiger partial charge < -0.3 is 9.42 Å². The number of aromatic nitrogens is 3. The van der Waals surface area contributed by atoms with Gasteiger partial charge in [0.25, 0.3) is 5.91 Å². The fourth-order valence-electron chi connectivity index (χ4n) is 3.08. The van der Waals surface area contributed by atoms with Crippen molar-refractivity contribution in [2.24, 2.45) is 0 Å². The van der Waals surface area contributed by atoms with E-state index in [4.69, 9.17) is 4.52 Å². The summed E-state index contributed by atoms with van der Waals surface area (Å²) in [6, 6.07) is 7.39. The number of aryl methyl sites for hydroxylation is 1. The molecule has 23 heavy (non-hydrogen) atoms. The molecule has 6 heteroatoms. The second-order valence-corrected chi connectivity index (χ2v) is 5.79. The zero-order valence-corrected chi connectivity index (χ0v) is 12.8. The number of likely N-dealkylation sites (tertiary alicyclic amines) is 1. The summed E-state index contributed by atoms with van der Waals surface area (Å²) in [4.78, 5) is 23.2. The maximum atomic E-state index is 12.9. The lowest BCUT2D eigenvalue weighted by Crippen LogP contribution is -2.31. The average Bonchev–Trinajstić information content (AvgIpc) is 3.22. The van der Waals surface area contributed by atoms with E-state index >= 15 is 0 Å². The molecule has 0 aromatic carbocycles. The Morgan fingerprint density at radius 1 is 1.35 bits per heavy atom. The molecule has 4 rings (SSSR count). The number of rotatable bonds is 2. The lowest BCUT2D eigenvalue weighted by molar-refractivity contribution is 0.0709. The van der Waals surface area contributed by atoms with E-state index in [2.05, 4.69) is 15.1 Å². The molecule has 1 aliphatic rings. The minimum atomic E-state index is -0.0766. The molecule has 0 spiro atoms. The third-order valence-corrected chi connectivity index (χ3v) is 4.20. The van der Waals surface area contributed by atoms with Gasteiger partial charge in [-0.15, -0.1) is 0 Å². The number of carbonyl (C=O) groups excluding carboxylic acids is 1. The van der Waals surface area contributed by atoms with Gasteiger partial charge in [0.1, 0.15) is 5.69 Å². The van der Waals surface area contributed by atoms with Crippen LogP contribution in [0.25, 0.3) is 10.9 Å². The molecule has 4 heterocycles. The van der Waals surface area contributed by atoms with Gasteiger partial charge in [0, 0.05) is 24.2 Å². The maximum Gasteiger partial charge on any atom is 0.273 e. The maximum absolute atomic E-state index is 12.9. The van der Waals surface area contributed by atoms with Crippen LogP contribution in [-0.2, 0) is 0 Å². The van der Waals surface area contributed by atoms with Crippen LogP contribution in [0.5, 0.6) is 0 Å². The molecule has 1 unspecified atom stereocenters. The van der Waals surface area contributed by atoms with Crippen LogP contribution < -0.4 is 0 Å². The summed E-state index contributed by atoms with van der Waals surface area (Å²) in [6.07, 6.45) is 5.22. The predicted octanol–water partition coefficient (Wildman–Crippen LogP) is 2.90. The van der Waals surface area contributed by atoms with Gasteiger partial charge in [0.05, 0.1) is 23.4 Å². The number of pyridine rings is 2. The van der Waals surface area contributed by atoms with Crippen molar-refractivity contribution in [2.75, 3.05) is 6.54 Å². The SMILES string of the molecule is Cc1cc(C2CCCN2C(=O)c2ccc3ccncc3n2)on1. The van der Waals surface area contributed by atoms with Crippen LogP contribution in [0.4, 0.5) is 0 Å². The first-order valence-electron chi connectivity index (χ1n) is 7.67. The summed E-state index contributed by atoms with van der Waals surface area (Å²) in [5.41, 5.74) is 1.99. The molecule has 6 nitrogen and oxygen atoms in total. The lowest BCUT2D eigenvalue weighted by Gasteiger charge is -2.22. The molecular weight excluding hydrogens is 292 g/mol. The molecule has 1 saturated heterocycles. The largest absolute Gasteiger partial charge is 0.359 e. The quantitative estimate of drug-likeness (QED) is 0.728. The highest BCUT2D eigenvalue weighted by Gasteiger charge is 2.33. The number of nitrogens with zero attached hydrogens (tertiary/aromatic N) is 4. The predicted molar refractivity (Wildman–Crippen MR) is 83.8 cm³/mol. The number of hydrogen-bond donors (Lipinski definition) is 0. The van der Waals surface area contributed by atoms with Gasteiger partial charge in [-0.05, 0) is 31.9 Å². The molecule has 116 valence electrons. The van der Waals surface area contributed by atoms with Crippen molar-refractivity contribution >= 4 is 16.8 Å². The van der Waals surface area contributed by atoms with E-state index in [9.17, 15) is 4.79 Å². The van der Waals surface area contributed by atoms with Crippen LogP contribution in [0.2, 0.25) is 0 Å². The van der Waals surface area contributed by atoms with Crippen LogP contribution in [0.15, 0.2) is 41.2 Å². The van der Waals surface area contributed by atoms with Crippen LogP contribution in [0.3, 0.4) is 0 Å². The number of amides is 1. The Kier molecular flexibility index (Phi) is 3.29. The molecule has 0 bridgehead atoms. The second-order valence-electron chi connectivity index (χ2n) is 5.79. The summed E-state index contributed by atoms with van der Waals surface area (Å²) in [5, 5.41) is 4.90. The van der Waals surface area contributed by atoms with Crippen LogP contribution in [0.1, 0.15) is 40.8 Å². The monoisotopic (exact) mass is 308 g/mol. The Bertz CT molecular complexity index is 874. The van der Waals surface area contributed by atoms with Crippen LogP contribution in [0, 0.1) is 6.92 Å². The smallest absolute Gasteiger partial charge is 0.273 e. The molecule has 1 amide bonds. The first-order valence-corrected chi connectivity index (χ1v) is 7.67. The minimum Gasteiger partial charge on any atom is -0.359 e. The average molecular weight is 308 g/mol. The Hall–Kier alpha value is -2.76. The van der Waals surface area contributed by atoms with E-state index < -0.39 is 0 Å². The number of carbonyl (C=O) groups is 1. The lowest BCUT2D eigenvalue weighted by atomic mass is 10.1. The molecule has 1 atom stereocenters. The van der Waals surface area contributed by atoms with Gasteiger partial charge in [0.2, 0.25) is 0 Å². The van der Waals surface area contributed by atoms with E-state index in [1.807, 2.05) is 30.0 Å². The third-order valence-electron chi connectivity index (χ3n) is 4.20. The Morgan fingerprint density at radius 3 is 3.09 bits per heavy atom. The number of fused-ring (bicyclic) bond motifs is 1. The zero-order valence-electron chi connectivity index (χ0n) is 12.8. The molecular formula is C17H16N4O2. The summed E-state index contributed by atoms with van der Waals surface area (Å²) >= 11 is 0. The summed E-state index contributed by atoms with van der Waals surface area (Å²) in [5.74, 6) is 0.670. The zero-order chi connectivity index (χ0) is 15.8. The summed E-state index contributed by atoms with van der Waals surface area (Å²) in [7, 11) is 0. The second kappa shape index (κ2) is 5.46. The van der Waals surface area contributed by atoms with Gasteiger partial charge in [0.15, 0.2) is 5.76 Å². The molecule has 0 saturated carbocycles. The van der Waals surface area contributed by atoms with Crippen molar-refractivity contribution in [2.45, 2.75) is 25.8 Å².